The van der Waals surface area contributed by atoms with Gasteiger partial charge in [-0.3, -0.25) is 0 Å². The Morgan fingerprint density at radius 1 is 1.24 bits per heavy atom. The molecule has 1 fully saturated rings. The van der Waals surface area contributed by atoms with Crippen molar-refractivity contribution in [3.63, 3.8) is 0 Å². The second-order valence-corrected chi connectivity index (χ2v) is 7.94. The summed E-state index contributed by atoms with van der Waals surface area (Å²) in [5, 5.41) is 3.73. The lowest BCUT2D eigenvalue weighted by Crippen LogP contribution is -2.34. The van der Waals surface area contributed by atoms with Crippen LogP contribution in [-0.4, -0.2) is 6.54 Å². The maximum atomic E-state index is 13.4. The van der Waals surface area contributed by atoms with E-state index in [9.17, 15) is 4.39 Å². The molecule has 0 aliphatic heterocycles. The third-order valence-corrected chi connectivity index (χ3v) is 5.53. The largest absolute Gasteiger partial charge is 0.310 e. The normalized spacial score (nSPS) is 27.6. The summed E-state index contributed by atoms with van der Waals surface area (Å²) in [7, 11) is 0. The molecule has 0 amide bonds. The van der Waals surface area contributed by atoms with Crippen molar-refractivity contribution >= 4 is 22.6 Å². The maximum Gasteiger partial charge on any atom is 0.124 e. The van der Waals surface area contributed by atoms with E-state index in [0.29, 0.717) is 12.0 Å². The van der Waals surface area contributed by atoms with E-state index in [-0.39, 0.29) is 5.82 Å². The molecule has 3 atom stereocenters. The van der Waals surface area contributed by atoms with Crippen molar-refractivity contribution in [2.75, 3.05) is 6.54 Å². The van der Waals surface area contributed by atoms with Crippen LogP contribution < -0.4 is 5.32 Å². The van der Waals surface area contributed by atoms with E-state index in [1.54, 1.807) is 12.1 Å². The highest BCUT2D eigenvalue weighted by Gasteiger charge is 2.31. The first kappa shape index (κ1) is 17.2. The third-order valence-electron chi connectivity index (χ3n) is 4.60. The monoisotopic (exact) mass is 403 g/mol. The number of nitrogens with one attached hydrogen (secondary N) is 1. The van der Waals surface area contributed by atoms with Crippen LogP contribution >= 0.6 is 22.6 Å². The SMILES string of the molecule is CCCNC(c1ccc(F)cc1I)C1CC(C)CC(C)C1. The fraction of sp³-hybridized carbons (Fsp3) is 0.667. The topological polar surface area (TPSA) is 12.0 Å². The molecule has 0 aromatic heterocycles. The molecule has 1 aromatic rings. The molecule has 0 heterocycles. The van der Waals surface area contributed by atoms with Gasteiger partial charge in [-0.1, -0.05) is 26.8 Å². The Balaban J connectivity index is 2.24. The second kappa shape index (κ2) is 7.91. The maximum absolute atomic E-state index is 13.4. The average Bonchev–Trinajstić information content (AvgIpc) is 2.40. The number of hydrogen-bond donors (Lipinski definition) is 1. The standard InChI is InChI=1S/C18H27FIN/c1-4-7-21-18(14-9-12(2)8-13(3)10-14)16-6-5-15(19)11-17(16)20/h5-6,11-14,18,21H,4,7-10H2,1-3H3. The van der Waals surface area contributed by atoms with Crippen LogP contribution in [0.3, 0.4) is 0 Å². The van der Waals surface area contributed by atoms with Gasteiger partial charge in [-0.15, -0.1) is 0 Å². The second-order valence-electron chi connectivity index (χ2n) is 6.78. The van der Waals surface area contributed by atoms with E-state index >= 15 is 0 Å². The lowest BCUT2D eigenvalue weighted by molar-refractivity contribution is 0.176. The molecule has 1 nitrogen and oxygen atoms in total. The van der Waals surface area contributed by atoms with Crippen molar-refractivity contribution in [3.8, 4) is 0 Å². The quantitative estimate of drug-likeness (QED) is 0.637. The first-order valence-electron chi connectivity index (χ1n) is 8.19. The van der Waals surface area contributed by atoms with Gasteiger partial charge >= 0.3 is 0 Å². The molecule has 1 aliphatic carbocycles. The van der Waals surface area contributed by atoms with Crippen LogP contribution in [-0.2, 0) is 0 Å². The minimum atomic E-state index is -0.136. The number of rotatable bonds is 5. The summed E-state index contributed by atoms with van der Waals surface area (Å²) in [5.41, 5.74) is 1.27. The van der Waals surface area contributed by atoms with E-state index in [1.807, 2.05) is 6.07 Å². The predicted octanol–water partition coefficient (Wildman–Crippen LogP) is 5.54. The number of hydrogen-bond acceptors (Lipinski definition) is 1. The molecule has 0 radical (unpaired) electrons. The summed E-state index contributed by atoms with van der Waals surface area (Å²) in [5.74, 6) is 2.11. The fourth-order valence-corrected chi connectivity index (χ4v) is 4.68. The molecule has 0 saturated heterocycles. The summed E-state index contributed by atoms with van der Waals surface area (Å²) in [4.78, 5) is 0. The molecule has 118 valence electrons. The van der Waals surface area contributed by atoms with Crippen LogP contribution in [0.4, 0.5) is 4.39 Å². The lowest BCUT2D eigenvalue weighted by Gasteiger charge is -2.37. The highest BCUT2D eigenvalue weighted by Crippen LogP contribution is 2.40. The van der Waals surface area contributed by atoms with Crippen LogP contribution in [0.15, 0.2) is 18.2 Å². The van der Waals surface area contributed by atoms with Crippen LogP contribution in [0.5, 0.6) is 0 Å². The van der Waals surface area contributed by atoms with E-state index in [1.165, 1.54) is 24.8 Å². The van der Waals surface area contributed by atoms with Crippen LogP contribution in [0.25, 0.3) is 0 Å². The molecule has 21 heavy (non-hydrogen) atoms. The molecular weight excluding hydrogens is 376 g/mol. The van der Waals surface area contributed by atoms with Gasteiger partial charge in [0.25, 0.3) is 0 Å². The van der Waals surface area contributed by atoms with Gasteiger partial charge in [0, 0.05) is 9.61 Å². The highest BCUT2D eigenvalue weighted by molar-refractivity contribution is 14.1. The molecule has 1 saturated carbocycles. The third kappa shape index (κ3) is 4.65. The van der Waals surface area contributed by atoms with Gasteiger partial charge in [0.1, 0.15) is 5.82 Å². The van der Waals surface area contributed by atoms with E-state index in [2.05, 4.69) is 48.7 Å². The molecule has 3 unspecified atom stereocenters. The molecule has 0 bridgehead atoms. The minimum absolute atomic E-state index is 0.136. The van der Waals surface area contributed by atoms with E-state index in [4.69, 9.17) is 0 Å². The van der Waals surface area contributed by atoms with Gasteiger partial charge in [-0.25, -0.2) is 4.39 Å². The minimum Gasteiger partial charge on any atom is -0.310 e. The number of benzene rings is 1. The summed E-state index contributed by atoms with van der Waals surface area (Å²) in [6.07, 6.45) is 5.03. The fourth-order valence-electron chi connectivity index (χ4n) is 3.87. The molecule has 1 aliphatic rings. The van der Waals surface area contributed by atoms with Crippen molar-refractivity contribution in [2.45, 2.75) is 52.5 Å². The molecule has 1 N–H and O–H groups in total. The molecule has 2 rings (SSSR count). The van der Waals surface area contributed by atoms with Gasteiger partial charge in [-0.05, 0) is 90.3 Å². The van der Waals surface area contributed by atoms with E-state index < -0.39 is 0 Å². The van der Waals surface area contributed by atoms with Crippen molar-refractivity contribution < 1.29 is 4.39 Å². The Hall–Kier alpha value is -0.160. The Morgan fingerprint density at radius 2 is 1.90 bits per heavy atom. The van der Waals surface area contributed by atoms with Gasteiger partial charge in [0.2, 0.25) is 0 Å². The van der Waals surface area contributed by atoms with Gasteiger partial charge in [-0.2, -0.15) is 0 Å². The summed E-state index contributed by atoms with van der Waals surface area (Å²) in [6, 6.07) is 5.61. The smallest absolute Gasteiger partial charge is 0.124 e. The molecule has 3 heteroatoms. The Morgan fingerprint density at radius 3 is 2.48 bits per heavy atom. The zero-order valence-corrected chi connectivity index (χ0v) is 15.5. The van der Waals surface area contributed by atoms with E-state index in [0.717, 1.165) is 28.4 Å². The summed E-state index contributed by atoms with van der Waals surface area (Å²) >= 11 is 2.28. The van der Waals surface area contributed by atoms with Gasteiger partial charge in [0.05, 0.1) is 0 Å². The Kier molecular flexibility index (Phi) is 6.48. The summed E-state index contributed by atoms with van der Waals surface area (Å²) in [6.45, 7) is 7.97. The average molecular weight is 403 g/mol. The first-order chi connectivity index (χ1) is 10.0. The van der Waals surface area contributed by atoms with Gasteiger partial charge in [0.15, 0.2) is 0 Å². The van der Waals surface area contributed by atoms with Crippen LogP contribution in [0.1, 0.15) is 58.1 Å². The van der Waals surface area contributed by atoms with Crippen molar-refractivity contribution in [2.24, 2.45) is 17.8 Å². The first-order valence-corrected chi connectivity index (χ1v) is 9.27. The lowest BCUT2D eigenvalue weighted by atomic mass is 9.72. The molecular formula is C18H27FIN. The highest BCUT2D eigenvalue weighted by atomic mass is 127. The summed E-state index contributed by atoms with van der Waals surface area (Å²) < 4.78 is 14.5. The Bertz CT molecular complexity index is 453. The van der Waals surface area contributed by atoms with Crippen LogP contribution in [0, 0.1) is 27.1 Å². The number of halogens is 2. The van der Waals surface area contributed by atoms with Crippen molar-refractivity contribution in [3.05, 3.63) is 33.1 Å². The zero-order valence-electron chi connectivity index (χ0n) is 13.3. The predicted molar refractivity (Wildman–Crippen MR) is 95.8 cm³/mol. The molecule has 0 spiro atoms. The molecule has 1 aromatic carbocycles. The van der Waals surface area contributed by atoms with Crippen molar-refractivity contribution in [1.29, 1.82) is 0 Å². The van der Waals surface area contributed by atoms with Crippen molar-refractivity contribution in [1.82, 2.24) is 5.32 Å². The van der Waals surface area contributed by atoms with Crippen LogP contribution in [0.2, 0.25) is 0 Å². The Labute approximate surface area is 142 Å². The van der Waals surface area contributed by atoms with Gasteiger partial charge < -0.3 is 5.32 Å². The zero-order chi connectivity index (χ0) is 15.4.